The summed E-state index contributed by atoms with van der Waals surface area (Å²) in [5, 5.41) is 15.9. The van der Waals surface area contributed by atoms with E-state index < -0.39 is 0 Å². The Kier molecular flexibility index (Phi) is 5.09. The molecule has 0 aliphatic heterocycles. The molecule has 0 radical (unpaired) electrons. The highest BCUT2D eigenvalue weighted by Crippen LogP contribution is 2.30. The first kappa shape index (κ1) is 16.7. The smallest absolute Gasteiger partial charge is 0.278 e. The molecule has 2 aromatic carbocycles. The molecule has 0 aliphatic carbocycles. The molecule has 0 fully saturated rings. The number of rotatable bonds is 7. The summed E-state index contributed by atoms with van der Waals surface area (Å²) in [4.78, 5) is 14.8. The highest BCUT2D eigenvalue weighted by atomic mass is 16.6. The summed E-state index contributed by atoms with van der Waals surface area (Å²) in [6.45, 7) is 0.779. The second kappa shape index (κ2) is 7.61. The van der Waals surface area contributed by atoms with Gasteiger partial charge >= 0.3 is 0 Å². The summed E-state index contributed by atoms with van der Waals surface area (Å²) in [5.41, 5.74) is 2.21. The van der Waals surface area contributed by atoms with Crippen molar-refractivity contribution < 1.29 is 9.66 Å². The second-order valence-electron chi connectivity index (χ2n) is 5.69. The molecule has 6 heteroatoms. The summed E-state index contributed by atoms with van der Waals surface area (Å²) >= 11 is 0. The van der Waals surface area contributed by atoms with E-state index in [1.807, 2.05) is 12.1 Å². The molecule has 6 nitrogen and oxygen atoms in total. The molecular formula is C19H19N3O3. The summed E-state index contributed by atoms with van der Waals surface area (Å²) in [6.07, 6.45) is 5.09. The van der Waals surface area contributed by atoms with E-state index in [4.69, 9.17) is 4.74 Å². The van der Waals surface area contributed by atoms with Gasteiger partial charge in [0.2, 0.25) is 0 Å². The number of fused-ring (bicyclic) bond motifs is 1. The van der Waals surface area contributed by atoms with Crippen LogP contribution in [0, 0.1) is 10.1 Å². The number of nitro groups is 1. The van der Waals surface area contributed by atoms with Gasteiger partial charge in [-0.1, -0.05) is 12.1 Å². The van der Waals surface area contributed by atoms with Crippen molar-refractivity contribution in [1.29, 1.82) is 0 Å². The van der Waals surface area contributed by atoms with Gasteiger partial charge in [-0.15, -0.1) is 0 Å². The van der Waals surface area contributed by atoms with Gasteiger partial charge in [0.1, 0.15) is 5.75 Å². The Morgan fingerprint density at radius 2 is 1.92 bits per heavy atom. The third kappa shape index (κ3) is 3.85. The van der Waals surface area contributed by atoms with Crippen LogP contribution in [0.2, 0.25) is 0 Å². The molecule has 1 aromatic heterocycles. The Bertz CT molecular complexity index is 879. The van der Waals surface area contributed by atoms with Crippen molar-refractivity contribution in [2.45, 2.75) is 12.8 Å². The number of hydrogen-bond acceptors (Lipinski definition) is 5. The molecule has 3 rings (SSSR count). The largest absolute Gasteiger partial charge is 0.497 e. The predicted octanol–water partition coefficient (Wildman–Crippen LogP) is 4.20. The Morgan fingerprint density at radius 3 is 2.64 bits per heavy atom. The minimum atomic E-state index is -0.378. The fraction of sp³-hybridized carbons (Fsp3) is 0.211. The number of methoxy groups -OCH3 is 1. The third-order valence-corrected chi connectivity index (χ3v) is 4.11. The maximum Gasteiger partial charge on any atom is 0.278 e. The average molecular weight is 337 g/mol. The molecule has 3 aromatic rings. The fourth-order valence-corrected chi connectivity index (χ4v) is 2.80. The van der Waals surface area contributed by atoms with Crippen molar-refractivity contribution in [1.82, 2.24) is 4.98 Å². The highest BCUT2D eigenvalue weighted by molar-refractivity contribution is 5.99. The molecule has 0 atom stereocenters. The molecule has 25 heavy (non-hydrogen) atoms. The lowest BCUT2D eigenvalue weighted by atomic mass is 10.1. The van der Waals surface area contributed by atoms with Crippen LogP contribution in [0.25, 0.3) is 10.8 Å². The maximum absolute atomic E-state index is 11.1. The van der Waals surface area contributed by atoms with Gasteiger partial charge in [-0.2, -0.15) is 0 Å². The van der Waals surface area contributed by atoms with Gasteiger partial charge in [0.15, 0.2) is 0 Å². The van der Waals surface area contributed by atoms with E-state index in [0.717, 1.165) is 36.2 Å². The van der Waals surface area contributed by atoms with Gasteiger partial charge in [0.25, 0.3) is 5.69 Å². The Morgan fingerprint density at radius 1 is 1.12 bits per heavy atom. The minimum absolute atomic E-state index is 0.0758. The lowest BCUT2D eigenvalue weighted by molar-refractivity contribution is -0.383. The molecule has 0 spiro atoms. The highest BCUT2D eigenvalue weighted by Gasteiger charge is 2.13. The standard InChI is InChI=1S/C19H19N3O3/c1-25-15-6-4-14(5-7-15)3-2-11-21-18-8-9-19(22(23)24)17-13-20-12-10-16(17)18/h4-10,12-13,21H,2-3,11H2,1H3. The quantitative estimate of drug-likeness (QED) is 0.397. The normalized spacial score (nSPS) is 10.6. The molecule has 1 heterocycles. The summed E-state index contributed by atoms with van der Waals surface area (Å²) in [6, 6.07) is 13.1. The topological polar surface area (TPSA) is 77.3 Å². The van der Waals surface area contributed by atoms with Crippen LogP contribution < -0.4 is 10.1 Å². The van der Waals surface area contributed by atoms with Crippen LogP contribution in [-0.2, 0) is 6.42 Å². The van der Waals surface area contributed by atoms with Crippen molar-refractivity contribution in [2.24, 2.45) is 0 Å². The maximum atomic E-state index is 11.1. The Hall–Kier alpha value is -3.15. The number of anilines is 1. The van der Waals surface area contributed by atoms with Crippen molar-refractivity contribution >= 4 is 22.1 Å². The fourth-order valence-electron chi connectivity index (χ4n) is 2.80. The zero-order valence-electron chi connectivity index (χ0n) is 13.9. The van der Waals surface area contributed by atoms with Crippen LogP contribution >= 0.6 is 0 Å². The predicted molar refractivity (Wildman–Crippen MR) is 98.2 cm³/mol. The first-order valence-electron chi connectivity index (χ1n) is 8.07. The third-order valence-electron chi connectivity index (χ3n) is 4.11. The van der Waals surface area contributed by atoms with Crippen LogP contribution in [0.5, 0.6) is 5.75 Å². The van der Waals surface area contributed by atoms with Gasteiger partial charge in [0.05, 0.1) is 17.4 Å². The number of aryl methyl sites for hydroxylation is 1. The molecule has 0 bridgehead atoms. The number of pyridine rings is 1. The van der Waals surface area contributed by atoms with Crippen LogP contribution in [0.4, 0.5) is 11.4 Å². The summed E-state index contributed by atoms with van der Waals surface area (Å²) < 4.78 is 5.15. The van der Waals surface area contributed by atoms with Gasteiger partial charge in [-0.3, -0.25) is 15.1 Å². The average Bonchev–Trinajstić information content (AvgIpc) is 2.65. The van der Waals surface area contributed by atoms with E-state index in [0.29, 0.717) is 5.39 Å². The molecule has 0 unspecified atom stereocenters. The Balaban J connectivity index is 1.65. The lowest BCUT2D eigenvalue weighted by Crippen LogP contribution is -2.04. The van der Waals surface area contributed by atoms with Gasteiger partial charge < -0.3 is 10.1 Å². The van der Waals surface area contributed by atoms with Crippen LogP contribution in [0.3, 0.4) is 0 Å². The number of nitrogens with zero attached hydrogens (tertiary/aromatic N) is 2. The van der Waals surface area contributed by atoms with E-state index in [9.17, 15) is 10.1 Å². The molecule has 0 saturated carbocycles. The zero-order chi connectivity index (χ0) is 17.6. The molecule has 1 N–H and O–H groups in total. The van der Waals surface area contributed by atoms with E-state index in [2.05, 4.69) is 22.4 Å². The summed E-state index contributed by atoms with van der Waals surface area (Å²) in [7, 11) is 1.66. The van der Waals surface area contributed by atoms with E-state index in [1.165, 1.54) is 17.8 Å². The van der Waals surface area contributed by atoms with E-state index in [1.54, 1.807) is 25.4 Å². The first-order chi connectivity index (χ1) is 12.2. The molecule has 128 valence electrons. The number of ether oxygens (including phenoxy) is 1. The van der Waals surface area contributed by atoms with Gasteiger partial charge in [-0.25, -0.2) is 0 Å². The van der Waals surface area contributed by atoms with E-state index >= 15 is 0 Å². The van der Waals surface area contributed by atoms with Crippen molar-refractivity contribution in [2.75, 3.05) is 19.0 Å². The number of nitrogens with one attached hydrogen (secondary N) is 1. The Labute approximate surface area is 145 Å². The number of aromatic nitrogens is 1. The second-order valence-corrected chi connectivity index (χ2v) is 5.69. The van der Waals surface area contributed by atoms with Crippen LogP contribution in [0.1, 0.15) is 12.0 Å². The van der Waals surface area contributed by atoms with Crippen LogP contribution in [0.15, 0.2) is 54.9 Å². The lowest BCUT2D eigenvalue weighted by Gasteiger charge is -2.10. The van der Waals surface area contributed by atoms with Crippen molar-refractivity contribution in [3.63, 3.8) is 0 Å². The first-order valence-corrected chi connectivity index (χ1v) is 8.07. The molecular weight excluding hydrogens is 318 g/mol. The molecule has 0 saturated heterocycles. The van der Waals surface area contributed by atoms with E-state index in [-0.39, 0.29) is 10.6 Å². The summed E-state index contributed by atoms with van der Waals surface area (Å²) in [5.74, 6) is 0.854. The number of nitro benzene ring substituents is 1. The van der Waals surface area contributed by atoms with Gasteiger partial charge in [-0.05, 0) is 42.7 Å². The number of non-ortho nitro benzene ring substituents is 1. The molecule has 0 amide bonds. The van der Waals surface area contributed by atoms with Crippen LogP contribution in [-0.4, -0.2) is 23.6 Å². The van der Waals surface area contributed by atoms with Crippen molar-refractivity contribution in [3.05, 3.63) is 70.5 Å². The van der Waals surface area contributed by atoms with Gasteiger partial charge in [0, 0.05) is 36.1 Å². The molecule has 0 aliphatic rings. The minimum Gasteiger partial charge on any atom is -0.497 e. The van der Waals surface area contributed by atoms with Crippen molar-refractivity contribution in [3.8, 4) is 5.75 Å². The monoisotopic (exact) mass is 337 g/mol. The number of hydrogen-bond donors (Lipinski definition) is 1. The zero-order valence-corrected chi connectivity index (χ0v) is 13.9. The number of benzene rings is 2. The SMILES string of the molecule is COc1ccc(CCCNc2ccc([N+](=O)[O-])c3cnccc23)cc1.